The third-order valence-corrected chi connectivity index (χ3v) is 6.68. The minimum absolute atomic E-state index is 0. The largest absolute Gasteiger partial charge is 0.457 e. The lowest BCUT2D eigenvalue weighted by Crippen LogP contribution is -2.43. The van der Waals surface area contributed by atoms with E-state index in [1.807, 2.05) is 18.2 Å². The molecule has 1 saturated heterocycles. The van der Waals surface area contributed by atoms with Crippen LogP contribution < -0.4 is 20.3 Å². The molecule has 5 aromatic rings. The van der Waals surface area contributed by atoms with Crippen LogP contribution in [0.25, 0.3) is 21.9 Å². The van der Waals surface area contributed by atoms with E-state index in [-0.39, 0.29) is 29.2 Å². The number of imidazole rings is 1. The zero-order chi connectivity index (χ0) is 26.2. The Kier molecular flexibility index (Phi) is 7.45. The van der Waals surface area contributed by atoms with E-state index in [1.54, 1.807) is 31.2 Å². The van der Waals surface area contributed by atoms with Crippen molar-refractivity contribution >= 4 is 51.5 Å². The first-order valence-electron chi connectivity index (χ1n) is 12.2. The van der Waals surface area contributed by atoms with Crippen LogP contribution in [0.2, 0.25) is 0 Å². The SMILES string of the molecule is Cc1c(Oc2ccc3c(c2)ncn3C(F)F)ccc(Nc2ncnc3ccc(N4CCNCC4)cc23)c1F.Cl. The number of aromatic nitrogens is 4. The zero-order valence-electron chi connectivity index (χ0n) is 20.9. The average molecular weight is 556 g/mol. The highest BCUT2D eigenvalue weighted by Crippen LogP contribution is 2.34. The van der Waals surface area contributed by atoms with E-state index >= 15 is 4.39 Å². The Hall–Kier alpha value is -4.09. The van der Waals surface area contributed by atoms with Crippen molar-refractivity contribution < 1.29 is 17.9 Å². The van der Waals surface area contributed by atoms with Gasteiger partial charge in [0.2, 0.25) is 0 Å². The van der Waals surface area contributed by atoms with E-state index in [0.29, 0.717) is 22.8 Å². The fraction of sp³-hybridized carbons (Fsp3) is 0.222. The number of rotatable bonds is 6. The van der Waals surface area contributed by atoms with Gasteiger partial charge in [-0.15, -0.1) is 12.4 Å². The predicted molar refractivity (Wildman–Crippen MR) is 147 cm³/mol. The zero-order valence-corrected chi connectivity index (χ0v) is 21.7. The molecule has 12 heteroatoms. The van der Waals surface area contributed by atoms with Crippen LogP contribution in [-0.4, -0.2) is 45.7 Å². The standard InChI is InChI=1S/C27H24F3N7O.ClH/c1-16-24(38-18-3-6-23-22(13-18)34-15-37(23)27(29)30)7-5-21(25(16)28)35-26-19-12-17(36-10-8-31-9-11-36)2-4-20(19)32-14-33-26;/h2-7,12-15,27,31H,8-11H2,1H3,(H,32,33,35);1H. The van der Waals surface area contributed by atoms with Crippen LogP contribution in [0.4, 0.5) is 30.4 Å². The molecule has 1 aliphatic rings. The maximum atomic E-state index is 15.5. The van der Waals surface area contributed by atoms with Crippen molar-refractivity contribution in [2.45, 2.75) is 13.5 Å². The Morgan fingerprint density at radius 2 is 1.79 bits per heavy atom. The van der Waals surface area contributed by atoms with Gasteiger partial charge in [0.15, 0.2) is 5.82 Å². The first-order valence-corrected chi connectivity index (χ1v) is 12.2. The van der Waals surface area contributed by atoms with Gasteiger partial charge in [-0.2, -0.15) is 8.78 Å². The molecule has 0 bridgehead atoms. The number of benzene rings is 3. The van der Waals surface area contributed by atoms with Gasteiger partial charge < -0.3 is 20.3 Å². The van der Waals surface area contributed by atoms with Crippen LogP contribution in [-0.2, 0) is 0 Å². The van der Waals surface area contributed by atoms with Crippen molar-refractivity contribution in [3.63, 3.8) is 0 Å². The van der Waals surface area contributed by atoms with Crippen molar-refractivity contribution in [2.75, 3.05) is 36.4 Å². The fourth-order valence-electron chi connectivity index (χ4n) is 4.62. The molecule has 0 radical (unpaired) electrons. The molecule has 1 aliphatic heterocycles. The minimum Gasteiger partial charge on any atom is -0.457 e. The Morgan fingerprint density at radius 1 is 0.974 bits per heavy atom. The van der Waals surface area contributed by atoms with Gasteiger partial charge in [-0.3, -0.25) is 4.57 Å². The molecular weight excluding hydrogens is 531 g/mol. The molecular formula is C27H25ClF3N7O. The molecule has 0 aliphatic carbocycles. The lowest BCUT2D eigenvalue weighted by molar-refractivity contribution is 0.0746. The Bertz CT molecular complexity index is 1640. The quantitative estimate of drug-likeness (QED) is 0.259. The third-order valence-electron chi connectivity index (χ3n) is 6.68. The summed E-state index contributed by atoms with van der Waals surface area (Å²) in [6.07, 6.45) is 2.52. The van der Waals surface area contributed by atoms with Crippen molar-refractivity contribution in [1.29, 1.82) is 0 Å². The summed E-state index contributed by atoms with van der Waals surface area (Å²) >= 11 is 0. The number of nitrogens with zero attached hydrogens (tertiary/aromatic N) is 5. The monoisotopic (exact) mass is 555 g/mol. The van der Waals surface area contributed by atoms with Crippen LogP contribution >= 0.6 is 12.4 Å². The lowest BCUT2D eigenvalue weighted by Gasteiger charge is -2.29. The molecule has 3 aromatic carbocycles. The number of alkyl halides is 2. The summed E-state index contributed by atoms with van der Waals surface area (Å²) in [4.78, 5) is 15.0. The Balaban J connectivity index is 0.00000308. The fourth-order valence-corrected chi connectivity index (χ4v) is 4.62. The summed E-state index contributed by atoms with van der Waals surface area (Å²) < 4.78 is 48.3. The van der Waals surface area contributed by atoms with Gasteiger partial charge in [-0.05, 0) is 49.4 Å². The second-order valence-corrected chi connectivity index (χ2v) is 9.02. The summed E-state index contributed by atoms with van der Waals surface area (Å²) in [5.74, 6) is 0.672. The molecule has 0 saturated carbocycles. The molecule has 3 heterocycles. The van der Waals surface area contributed by atoms with E-state index in [4.69, 9.17) is 4.74 Å². The third kappa shape index (κ3) is 5.15. The number of fused-ring (bicyclic) bond motifs is 2. The molecule has 0 atom stereocenters. The molecule has 2 aromatic heterocycles. The summed E-state index contributed by atoms with van der Waals surface area (Å²) in [5, 5.41) is 7.26. The molecule has 0 spiro atoms. The number of halogens is 4. The number of piperazine rings is 1. The summed E-state index contributed by atoms with van der Waals surface area (Å²) in [6, 6.07) is 13.8. The highest BCUT2D eigenvalue weighted by molar-refractivity contribution is 5.93. The Labute approximate surface area is 228 Å². The maximum absolute atomic E-state index is 15.5. The summed E-state index contributed by atoms with van der Waals surface area (Å²) in [6.45, 7) is 2.56. The van der Waals surface area contributed by atoms with E-state index in [0.717, 1.165) is 53.7 Å². The molecule has 8 nitrogen and oxygen atoms in total. The van der Waals surface area contributed by atoms with Crippen molar-refractivity contribution in [3.8, 4) is 11.5 Å². The van der Waals surface area contributed by atoms with E-state index in [2.05, 4.69) is 30.5 Å². The second-order valence-electron chi connectivity index (χ2n) is 9.02. The van der Waals surface area contributed by atoms with Gasteiger partial charge in [0, 0.05) is 48.9 Å². The second kappa shape index (κ2) is 11.0. The topological polar surface area (TPSA) is 80.1 Å². The van der Waals surface area contributed by atoms with Crippen LogP contribution in [0.15, 0.2) is 61.2 Å². The van der Waals surface area contributed by atoms with Crippen LogP contribution in [0.1, 0.15) is 12.1 Å². The van der Waals surface area contributed by atoms with E-state index < -0.39 is 12.4 Å². The number of anilines is 3. The van der Waals surface area contributed by atoms with Crippen molar-refractivity contribution in [3.05, 3.63) is 72.6 Å². The molecule has 6 rings (SSSR count). The smallest absolute Gasteiger partial charge is 0.320 e. The van der Waals surface area contributed by atoms with Crippen LogP contribution in [0.3, 0.4) is 0 Å². The van der Waals surface area contributed by atoms with E-state index in [9.17, 15) is 8.78 Å². The average Bonchev–Trinajstić information content (AvgIpc) is 3.37. The van der Waals surface area contributed by atoms with Crippen LogP contribution in [0.5, 0.6) is 11.5 Å². The number of hydrogen-bond acceptors (Lipinski definition) is 7. The van der Waals surface area contributed by atoms with Gasteiger partial charge in [0.1, 0.15) is 30.0 Å². The van der Waals surface area contributed by atoms with Gasteiger partial charge in [-0.1, -0.05) is 0 Å². The molecule has 0 amide bonds. The Morgan fingerprint density at radius 3 is 2.59 bits per heavy atom. The minimum atomic E-state index is -2.69. The number of nitrogens with one attached hydrogen (secondary N) is 2. The van der Waals surface area contributed by atoms with Crippen molar-refractivity contribution in [1.82, 2.24) is 24.8 Å². The predicted octanol–water partition coefficient (Wildman–Crippen LogP) is 6.19. The van der Waals surface area contributed by atoms with Gasteiger partial charge in [0.05, 0.1) is 22.2 Å². The van der Waals surface area contributed by atoms with E-state index in [1.165, 1.54) is 12.4 Å². The van der Waals surface area contributed by atoms with Gasteiger partial charge in [-0.25, -0.2) is 19.3 Å². The van der Waals surface area contributed by atoms with Gasteiger partial charge >= 0.3 is 6.55 Å². The molecule has 0 unspecified atom stereocenters. The number of ether oxygens (including phenoxy) is 1. The highest BCUT2D eigenvalue weighted by Gasteiger charge is 2.17. The molecule has 202 valence electrons. The lowest BCUT2D eigenvalue weighted by atomic mass is 10.1. The van der Waals surface area contributed by atoms with Crippen molar-refractivity contribution in [2.24, 2.45) is 0 Å². The molecule has 1 fully saturated rings. The first kappa shape index (κ1) is 26.5. The molecule has 2 N–H and O–H groups in total. The maximum Gasteiger partial charge on any atom is 0.320 e. The van der Waals surface area contributed by atoms with Gasteiger partial charge in [0.25, 0.3) is 0 Å². The summed E-state index contributed by atoms with van der Waals surface area (Å²) in [5.41, 5.74) is 2.99. The number of hydrogen-bond donors (Lipinski definition) is 2. The summed E-state index contributed by atoms with van der Waals surface area (Å²) in [7, 11) is 0. The highest BCUT2D eigenvalue weighted by atomic mass is 35.5. The molecule has 39 heavy (non-hydrogen) atoms. The van der Waals surface area contributed by atoms with Crippen LogP contribution in [0, 0.1) is 12.7 Å². The first-order chi connectivity index (χ1) is 18.5. The normalized spacial score (nSPS) is 13.6.